The lowest BCUT2D eigenvalue weighted by Crippen LogP contribution is -2.23. The van der Waals surface area contributed by atoms with Crippen molar-refractivity contribution in [2.45, 2.75) is 12.8 Å². The van der Waals surface area contributed by atoms with Crippen molar-refractivity contribution in [3.8, 4) is 5.75 Å². The van der Waals surface area contributed by atoms with Gasteiger partial charge in [0.1, 0.15) is 5.75 Å². The van der Waals surface area contributed by atoms with Crippen molar-refractivity contribution in [3.63, 3.8) is 0 Å². The van der Waals surface area contributed by atoms with E-state index >= 15 is 0 Å². The molecule has 0 saturated carbocycles. The summed E-state index contributed by atoms with van der Waals surface area (Å²) < 4.78 is 10.9. The number of hydrogen-bond donors (Lipinski definition) is 2. The molecule has 0 aliphatic rings. The van der Waals surface area contributed by atoms with Crippen molar-refractivity contribution in [3.05, 3.63) is 60.2 Å². The maximum atomic E-state index is 5.89. The summed E-state index contributed by atoms with van der Waals surface area (Å²) in [5, 5.41) is 3.05. The molecule has 0 aromatic heterocycles. The van der Waals surface area contributed by atoms with E-state index < -0.39 is 0 Å². The van der Waals surface area contributed by atoms with E-state index in [1.807, 2.05) is 42.5 Å². The Kier molecular flexibility index (Phi) is 7.63. The Balaban J connectivity index is 1.61. The smallest absolute Gasteiger partial charge is 0.193 e. The molecule has 128 valence electrons. The molecule has 0 unspecified atom stereocenters. The zero-order valence-corrected chi connectivity index (χ0v) is 14.1. The first kappa shape index (κ1) is 17.8. The van der Waals surface area contributed by atoms with E-state index in [-0.39, 0.29) is 0 Å². The van der Waals surface area contributed by atoms with E-state index in [1.165, 1.54) is 5.56 Å². The molecule has 2 aromatic carbocycles. The number of nitrogens with two attached hydrogens (primary N) is 1. The first-order valence-electron chi connectivity index (χ1n) is 8.11. The van der Waals surface area contributed by atoms with E-state index in [4.69, 9.17) is 15.2 Å². The highest BCUT2D eigenvalue weighted by molar-refractivity contribution is 5.93. The SMILES string of the molecule is COc1ccccc1NC(N)=NCCCOCCc1ccccc1. The average molecular weight is 327 g/mol. The Morgan fingerprint density at radius 3 is 2.58 bits per heavy atom. The summed E-state index contributed by atoms with van der Waals surface area (Å²) >= 11 is 0. The molecule has 2 aromatic rings. The standard InChI is InChI=1S/C19H25N3O2/c1-23-18-11-6-5-10-17(18)22-19(20)21-13-7-14-24-15-12-16-8-3-2-4-9-16/h2-6,8-11H,7,12-15H2,1H3,(H3,20,21,22). The van der Waals surface area contributed by atoms with E-state index in [2.05, 4.69) is 22.4 Å². The normalized spacial score (nSPS) is 11.3. The number of ether oxygens (including phenoxy) is 2. The number of nitrogens with zero attached hydrogens (tertiary/aromatic N) is 1. The van der Waals surface area contributed by atoms with Gasteiger partial charge in [-0.05, 0) is 30.5 Å². The third kappa shape index (κ3) is 6.30. The fraction of sp³-hybridized carbons (Fsp3) is 0.316. The van der Waals surface area contributed by atoms with E-state index in [1.54, 1.807) is 7.11 Å². The Bertz CT molecular complexity index is 630. The maximum Gasteiger partial charge on any atom is 0.193 e. The molecule has 5 nitrogen and oxygen atoms in total. The highest BCUT2D eigenvalue weighted by atomic mass is 16.5. The molecule has 0 spiro atoms. The third-order valence-corrected chi connectivity index (χ3v) is 3.48. The van der Waals surface area contributed by atoms with Gasteiger partial charge in [0, 0.05) is 13.2 Å². The quantitative estimate of drug-likeness (QED) is 0.422. The number of nitrogens with one attached hydrogen (secondary N) is 1. The van der Waals surface area contributed by atoms with Crippen molar-refractivity contribution >= 4 is 11.6 Å². The first-order chi connectivity index (χ1) is 11.8. The summed E-state index contributed by atoms with van der Waals surface area (Å²) in [7, 11) is 1.63. The molecule has 0 fully saturated rings. The van der Waals surface area contributed by atoms with Crippen LogP contribution in [0.2, 0.25) is 0 Å². The molecule has 0 aliphatic heterocycles. The molecule has 0 radical (unpaired) electrons. The van der Waals surface area contributed by atoms with Gasteiger partial charge in [-0.1, -0.05) is 42.5 Å². The van der Waals surface area contributed by atoms with Crippen LogP contribution in [-0.4, -0.2) is 32.8 Å². The van der Waals surface area contributed by atoms with Crippen LogP contribution >= 0.6 is 0 Å². The van der Waals surface area contributed by atoms with Crippen molar-refractivity contribution in [2.75, 3.05) is 32.2 Å². The van der Waals surface area contributed by atoms with Crippen LogP contribution < -0.4 is 15.8 Å². The molecular weight excluding hydrogens is 302 g/mol. The number of anilines is 1. The van der Waals surface area contributed by atoms with Gasteiger partial charge in [-0.15, -0.1) is 0 Å². The molecule has 0 saturated heterocycles. The van der Waals surface area contributed by atoms with Crippen LogP contribution in [0, 0.1) is 0 Å². The molecule has 0 heterocycles. The number of hydrogen-bond acceptors (Lipinski definition) is 3. The van der Waals surface area contributed by atoms with E-state index in [9.17, 15) is 0 Å². The highest BCUT2D eigenvalue weighted by Gasteiger charge is 2.01. The largest absolute Gasteiger partial charge is 0.495 e. The Morgan fingerprint density at radius 1 is 1.04 bits per heavy atom. The summed E-state index contributed by atoms with van der Waals surface area (Å²) in [5.74, 6) is 1.11. The summed E-state index contributed by atoms with van der Waals surface area (Å²) in [5.41, 5.74) is 7.99. The van der Waals surface area contributed by atoms with Crippen molar-refractivity contribution in [1.29, 1.82) is 0 Å². The summed E-state index contributed by atoms with van der Waals surface area (Å²) in [6, 6.07) is 17.9. The summed E-state index contributed by atoms with van der Waals surface area (Å²) in [6.07, 6.45) is 1.77. The molecule has 3 N–H and O–H groups in total. The minimum absolute atomic E-state index is 0.379. The molecule has 0 aliphatic carbocycles. The minimum Gasteiger partial charge on any atom is -0.495 e. The molecule has 2 rings (SSSR count). The summed E-state index contributed by atoms with van der Waals surface area (Å²) in [6.45, 7) is 2.03. The monoisotopic (exact) mass is 327 g/mol. The number of rotatable bonds is 9. The maximum absolute atomic E-state index is 5.89. The molecule has 24 heavy (non-hydrogen) atoms. The molecule has 0 atom stereocenters. The van der Waals surface area contributed by atoms with Gasteiger partial charge in [-0.3, -0.25) is 4.99 Å². The van der Waals surface area contributed by atoms with E-state index in [0.717, 1.165) is 30.9 Å². The van der Waals surface area contributed by atoms with Crippen LogP contribution in [0.1, 0.15) is 12.0 Å². The van der Waals surface area contributed by atoms with Gasteiger partial charge in [-0.2, -0.15) is 0 Å². The lowest BCUT2D eigenvalue weighted by atomic mass is 10.2. The zero-order chi connectivity index (χ0) is 17.0. The Morgan fingerprint density at radius 2 is 1.79 bits per heavy atom. The topological polar surface area (TPSA) is 68.9 Å². The van der Waals surface area contributed by atoms with Crippen LogP contribution in [0.4, 0.5) is 5.69 Å². The fourth-order valence-electron chi connectivity index (χ4n) is 2.23. The van der Waals surface area contributed by atoms with Crippen LogP contribution in [0.25, 0.3) is 0 Å². The lowest BCUT2D eigenvalue weighted by molar-refractivity contribution is 0.136. The minimum atomic E-state index is 0.379. The number of methoxy groups -OCH3 is 1. The second-order valence-electron chi connectivity index (χ2n) is 5.29. The lowest BCUT2D eigenvalue weighted by Gasteiger charge is -2.10. The second kappa shape index (κ2) is 10.3. The fourth-order valence-corrected chi connectivity index (χ4v) is 2.23. The van der Waals surface area contributed by atoms with Gasteiger partial charge < -0.3 is 20.5 Å². The summed E-state index contributed by atoms with van der Waals surface area (Å²) in [4.78, 5) is 4.30. The van der Waals surface area contributed by atoms with Gasteiger partial charge >= 0.3 is 0 Å². The number of aliphatic imine (C=N–C) groups is 1. The van der Waals surface area contributed by atoms with Crippen LogP contribution in [0.5, 0.6) is 5.75 Å². The number of guanidine groups is 1. The molecule has 0 bridgehead atoms. The van der Waals surface area contributed by atoms with Crippen molar-refractivity contribution in [2.24, 2.45) is 10.7 Å². The molecular formula is C19H25N3O2. The second-order valence-corrected chi connectivity index (χ2v) is 5.29. The van der Waals surface area contributed by atoms with Gasteiger partial charge in [0.15, 0.2) is 5.96 Å². The predicted octanol–water partition coefficient (Wildman–Crippen LogP) is 3.07. The number of para-hydroxylation sites is 2. The van der Waals surface area contributed by atoms with Crippen LogP contribution in [0.15, 0.2) is 59.6 Å². The molecule has 0 amide bonds. The van der Waals surface area contributed by atoms with Crippen molar-refractivity contribution in [1.82, 2.24) is 0 Å². The van der Waals surface area contributed by atoms with Gasteiger partial charge in [0.2, 0.25) is 0 Å². The molecule has 5 heteroatoms. The highest BCUT2D eigenvalue weighted by Crippen LogP contribution is 2.22. The van der Waals surface area contributed by atoms with Crippen LogP contribution in [-0.2, 0) is 11.2 Å². The Labute approximate surface area is 143 Å². The third-order valence-electron chi connectivity index (χ3n) is 3.48. The zero-order valence-electron chi connectivity index (χ0n) is 14.1. The van der Waals surface area contributed by atoms with Gasteiger partial charge in [0.05, 0.1) is 19.4 Å². The van der Waals surface area contributed by atoms with Crippen molar-refractivity contribution < 1.29 is 9.47 Å². The van der Waals surface area contributed by atoms with Gasteiger partial charge in [0.25, 0.3) is 0 Å². The predicted molar refractivity (Wildman–Crippen MR) is 98.7 cm³/mol. The van der Waals surface area contributed by atoms with Crippen LogP contribution in [0.3, 0.4) is 0 Å². The first-order valence-corrected chi connectivity index (χ1v) is 8.11. The van der Waals surface area contributed by atoms with E-state index in [0.29, 0.717) is 19.1 Å². The number of benzene rings is 2. The average Bonchev–Trinajstić information content (AvgIpc) is 2.62. The Hall–Kier alpha value is -2.53. The van der Waals surface area contributed by atoms with Gasteiger partial charge in [-0.25, -0.2) is 0 Å².